The van der Waals surface area contributed by atoms with Gasteiger partial charge in [0.1, 0.15) is 4.21 Å². The number of hydrogen-bond donors (Lipinski definition) is 0. The first-order valence-corrected chi connectivity index (χ1v) is 16.6. The van der Waals surface area contributed by atoms with Crippen LogP contribution in [0.3, 0.4) is 0 Å². The van der Waals surface area contributed by atoms with E-state index < -0.39 is 10.0 Å². The zero-order chi connectivity index (χ0) is 26.7. The van der Waals surface area contributed by atoms with Gasteiger partial charge in [-0.15, -0.1) is 11.3 Å². The molecule has 3 aromatic rings. The van der Waals surface area contributed by atoms with Gasteiger partial charge in [0.15, 0.2) is 5.13 Å². The maximum Gasteiger partial charge on any atom is 0.252 e. The summed E-state index contributed by atoms with van der Waals surface area (Å²) in [6.07, 6.45) is 2.77. The summed E-state index contributed by atoms with van der Waals surface area (Å²) in [6.45, 7) is 7.57. The van der Waals surface area contributed by atoms with Gasteiger partial charge >= 0.3 is 0 Å². The molecule has 0 atom stereocenters. The highest BCUT2D eigenvalue weighted by atomic mass is 35.5. The van der Waals surface area contributed by atoms with Crippen LogP contribution in [-0.4, -0.2) is 81.0 Å². The predicted octanol–water partition coefficient (Wildman–Crippen LogP) is 4.73. The van der Waals surface area contributed by atoms with Crippen LogP contribution in [0.4, 0.5) is 5.13 Å². The van der Waals surface area contributed by atoms with Crippen LogP contribution in [-0.2, 0) is 26.0 Å². The molecule has 0 aliphatic carbocycles. The number of thiophene rings is 1. The number of halogens is 1. The molecule has 0 bridgehead atoms. The molecule has 4 heterocycles. The van der Waals surface area contributed by atoms with Gasteiger partial charge in [0.05, 0.1) is 27.8 Å². The summed E-state index contributed by atoms with van der Waals surface area (Å²) >= 11 is 8.60. The van der Waals surface area contributed by atoms with Gasteiger partial charge in [0.25, 0.3) is 10.0 Å². The number of carbonyl (C=O) groups excluding carboxylic acids is 1. The molecule has 1 amide bonds. The first kappa shape index (κ1) is 27.9. The molecule has 0 spiro atoms. The standard InChI is InChI=1S/C26H33ClN4O4S3/c1-2-19-4-5-21-22(18-19)36-26(28-21)31(11-3-10-29-14-16-35-17-15-29)25(32)20-8-12-30(13-9-20)38(33,34)24-7-6-23(27)37-24/h4-7,18,20H,2-3,8-17H2,1H3. The molecule has 0 N–H and O–H groups in total. The molecule has 38 heavy (non-hydrogen) atoms. The van der Waals surface area contributed by atoms with Gasteiger partial charge in [-0.25, -0.2) is 13.4 Å². The van der Waals surface area contributed by atoms with Crippen molar-refractivity contribution in [1.82, 2.24) is 14.2 Å². The van der Waals surface area contributed by atoms with Crippen molar-refractivity contribution in [2.75, 3.05) is 57.4 Å². The van der Waals surface area contributed by atoms with Gasteiger partial charge in [-0.3, -0.25) is 14.6 Å². The quantitative estimate of drug-likeness (QED) is 0.355. The lowest BCUT2D eigenvalue weighted by molar-refractivity contribution is -0.123. The van der Waals surface area contributed by atoms with Gasteiger partial charge in [-0.1, -0.05) is 35.9 Å². The number of fused-ring (bicyclic) bond motifs is 1. The number of anilines is 1. The number of carbonyl (C=O) groups is 1. The molecular formula is C26H33ClN4O4S3. The Bertz CT molecular complexity index is 1360. The topological polar surface area (TPSA) is 83.1 Å². The average molecular weight is 597 g/mol. The fraction of sp³-hybridized carbons (Fsp3) is 0.538. The van der Waals surface area contributed by atoms with Crippen molar-refractivity contribution in [2.45, 2.75) is 36.8 Å². The number of sulfonamides is 1. The molecule has 2 saturated heterocycles. The minimum absolute atomic E-state index is 0.0398. The molecule has 8 nitrogen and oxygen atoms in total. The van der Waals surface area contributed by atoms with Gasteiger partial charge < -0.3 is 4.74 Å². The highest BCUT2D eigenvalue weighted by Gasteiger charge is 2.35. The van der Waals surface area contributed by atoms with Crippen LogP contribution in [0.5, 0.6) is 0 Å². The third kappa shape index (κ3) is 6.24. The average Bonchev–Trinajstić information content (AvgIpc) is 3.57. The Balaban J connectivity index is 1.30. The van der Waals surface area contributed by atoms with E-state index in [9.17, 15) is 13.2 Å². The molecule has 2 aliphatic heterocycles. The first-order valence-electron chi connectivity index (χ1n) is 13.1. The van der Waals surface area contributed by atoms with Gasteiger partial charge in [0.2, 0.25) is 5.91 Å². The Kier molecular flexibility index (Phi) is 9.03. The molecule has 206 valence electrons. The summed E-state index contributed by atoms with van der Waals surface area (Å²) in [6, 6.07) is 9.43. The summed E-state index contributed by atoms with van der Waals surface area (Å²) < 4.78 is 34.8. The van der Waals surface area contributed by atoms with E-state index in [1.165, 1.54) is 9.87 Å². The summed E-state index contributed by atoms with van der Waals surface area (Å²) in [5.41, 5.74) is 2.15. The zero-order valence-electron chi connectivity index (χ0n) is 21.5. The van der Waals surface area contributed by atoms with Crippen LogP contribution in [0.25, 0.3) is 10.2 Å². The van der Waals surface area contributed by atoms with E-state index in [4.69, 9.17) is 21.3 Å². The Hall–Kier alpha value is -1.60. The number of rotatable bonds is 9. The number of aryl methyl sites for hydroxylation is 1. The third-order valence-corrected chi connectivity index (χ3v) is 11.9. The molecule has 0 unspecified atom stereocenters. The second kappa shape index (κ2) is 12.3. The molecule has 12 heteroatoms. The maximum absolute atomic E-state index is 13.9. The normalized spacial score (nSPS) is 18.3. The van der Waals surface area contributed by atoms with Gasteiger partial charge in [-0.05, 0) is 55.5 Å². The SMILES string of the molecule is CCc1ccc2nc(N(CCCN3CCOCC3)C(=O)C3CCN(S(=O)(=O)c4ccc(Cl)s4)CC3)sc2c1. The fourth-order valence-electron chi connectivity index (χ4n) is 5.00. The van der Waals surface area contributed by atoms with Crippen LogP contribution in [0.15, 0.2) is 34.5 Å². The lowest BCUT2D eigenvalue weighted by atomic mass is 9.96. The van der Waals surface area contributed by atoms with Crippen LogP contribution < -0.4 is 4.90 Å². The molecule has 0 radical (unpaired) electrons. The Morgan fingerprint density at radius 2 is 1.89 bits per heavy atom. The summed E-state index contributed by atoms with van der Waals surface area (Å²) in [4.78, 5) is 22.9. The maximum atomic E-state index is 13.9. The van der Waals surface area contributed by atoms with Crippen molar-refractivity contribution in [3.8, 4) is 0 Å². The van der Waals surface area contributed by atoms with E-state index >= 15 is 0 Å². The van der Waals surface area contributed by atoms with Crippen molar-refractivity contribution in [3.05, 3.63) is 40.2 Å². The highest BCUT2D eigenvalue weighted by Crippen LogP contribution is 2.34. The number of nitrogens with zero attached hydrogens (tertiary/aromatic N) is 4. The minimum Gasteiger partial charge on any atom is -0.379 e. The number of thiazole rings is 1. The van der Waals surface area contributed by atoms with E-state index in [1.54, 1.807) is 23.5 Å². The van der Waals surface area contributed by atoms with Crippen LogP contribution in [0, 0.1) is 5.92 Å². The Morgan fingerprint density at radius 3 is 2.58 bits per heavy atom. The van der Waals surface area contributed by atoms with Crippen LogP contribution >= 0.6 is 34.3 Å². The monoisotopic (exact) mass is 596 g/mol. The second-order valence-corrected chi connectivity index (χ2v) is 14.6. The van der Waals surface area contributed by atoms with Crippen molar-refractivity contribution in [1.29, 1.82) is 0 Å². The lowest BCUT2D eigenvalue weighted by Crippen LogP contribution is -2.45. The Labute approximate surface area is 237 Å². The molecule has 2 aromatic heterocycles. The number of ether oxygens (including phenoxy) is 1. The third-order valence-electron chi connectivity index (χ3n) is 7.25. The van der Waals surface area contributed by atoms with Crippen molar-refractivity contribution in [3.63, 3.8) is 0 Å². The smallest absolute Gasteiger partial charge is 0.252 e. The van der Waals surface area contributed by atoms with Crippen LogP contribution in [0.1, 0.15) is 31.7 Å². The van der Waals surface area contributed by atoms with E-state index in [1.807, 2.05) is 11.0 Å². The van der Waals surface area contributed by atoms with Gasteiger partial charge in [-0.2, -0.15) is 4.31 Å². The number of morpholine rings is 1. The van der Waals surface area contributed by atoms with Crippen molar-refractivity contribution >= 4 is 65.6 Å². The second-order valence-electron chi connectivity index (χ2n) is 9.69. The van der Waals surface area contributed by atoms with E-state index in [0.717, 1.165) is 72.4 Å². The molecular weight excluding hydrogens is 564 g/mol. The lowest BCUT2D eigenvalue weighted by Gasteiger charge is -2.33. The van der Waals surface area contributed by atoms with Gasteiger partial charge in [0, 0.05) is 45.2 Å². The minimum atomic E-state index is -3.60. The molecule has 5 rings (SSSR count). The van der Waals surface area contributed by atoms with E-state index in [0.29, 0.717) is 36.8 Å². The van der Waals surface area contributed by atoms with Crippen molar-refractivity contribution in [2.24, 2.45) is 5.92 Å². The number of hydrogen-bond acceptors (Lipinski definition) is 8. The zero-order valence-corrected chi connectivity index (χ0v) is 24.7. The summed E-state index contributed by atoms with van der Waals surface area (Å²) in [5.74, 6) is -0.201. The van der Waals surface area contributed by atoms with Crippen molar-refractivity contribution < 1.29 is 17.9 Å². The number of piperidine rings is 1. The van der Waals surface area contributed by atoms with Crippen LogP contribution in [0.2, 0.25) is 4.34 Å². The number of benzene rings is 1. The first-order chi connectivity index (χ1) is 18.3. The molecule has 1 aromatic carbocycles. The number of aromatic nitrogens is 1. The molecule has 2 fully saturated rings. The van der Waals surface area contributed by atoms with E-state index in [2.05, 4.69) is 24.0 Å². The largest absolute Gasteiger partial charge is 0.379 e. The predicted molar refractivity (Wildman–Crippen MR) is 154 cm³/mol. The summed E-state index contributed by atoms with van der Waals surface area (Å²) in [7, 11) is -3.60. The molecule has 2 aliphatic rings. The summed E-state index contributed by atoms with van der Waals surface area (Å²) in [5, 5.41) is 0.725. The highest BCUT2D eigenvalue weighted by molar-refractivity contribution is 7.91. The Morgan fingerprint density at radius 1 is 1.13 bits per heavy atom. The molecule has 0 saturated carbocycles. The number of amides is 1. The van der Waals surface area contributed by atoms with E-state index in [-0.39, 0.29) is 16.0 Å². The fourth-order valence-corrected chi connectivity index (χ4v) is 9.16.